The first-order chi connectivity index (χ1) is 9.99. The van der Waals surface area contributed by atoms with Crippen LogP contribution in [0.1, 0.15) is 52.4 Å². The zero-order chi connectivity index (χ0) is 15.7. The highest BCUT2D eigenvalue weighted by molar-refractivity contribution is 7.18. The first-order valence-electron chi connectivity index (χ1n) is 8.08. The zero-order valence-corrected chi connectivity index (χ0v) is 14.8. The van der Waals surface area contributed by atoms with E-state index < -0.39 is 0 Å². The van der Waals surface area contributed by atoms with Crippen LogP contribution in [0.25, 0.3) is 0 Å². The molecule has 1 aliphatic rings. The lowest BCUT2D eigenvalue weighted by molar-refractivity contribution is -0.103. The summed E-state index contributed by atoms with van der Waals surface area (Å²) in [4.78, 5) is 0. The first-order valence-corrected chi connectivity index (χ1v) is 8.75. The second-order valence-corrected chi connectivity index (χ2v) is 7.01. The van der Waals surface area contributed by atoms with Gasteiger partial charge in [0.1, 0.15) is 5.76 Å². The molecule has 3 unspecified atom stereocenters. The molecule has 0 aromatic carbocycles. The van der Waals surface area contributed by atoms with Crippen LogP contribution in [0.4, 0.5) is 0 Å². The highest BCUT2D eigenvalue weighted by Gasteiger charge is 2.13. The van der Waals surface area contributed by atoms with E-state index in [1.54, 1.807) is 0 Å². The average molecular weight is 310 g/mol. The summed E-state index contributed by atoms with van der Waals surface area (Å²) in [6.07, 6.45) is 11.6. The van der Waals surface area contributed by atoms with Gasteiger partial charge in [0.2, 0.25) is 0 Å². The van der Waals surface area contributed by atoms with Crippen molar-refractivity contribution in [2.45, 2.75) is 64.3 Å². The molecule has 0 aliphatic heterocycles. The fourth-order valence-corrected chi connectivity index (χ4v) is 2.63. The number of hydrogen-bond donors (Lipinski definition) is 0. The van der Waals surface area contributed by atoms with E-state index >= 15 is 0 Å². The van der Waals surface area contributed by atoms with Crippen LogP contribution in [-0.2, 0) is 9.47 Å². The van der Waals surface area contributed by atoms with Gasteiger partial charge in [-0.1, -0.05) is 58.3 Å². The highest BCUT2D eigenvalue weighted by Crippen LogP contribution is 2.26. The second kappa shape index (κ2) is 10.2. The van der Waals surface area contributed by atoms with Crippen molar-refractivity contribution in [2.75, 3.05) is 6.61 Å². The lowest BCUT2D eigenvalue weighted by Crippen LogP contribution is -2.16. The molecular formula is C18H31O2P. The van der Waals surface area contributed by atoms with Crippen molar-refractivity contribution < 1.29 is 9.47 Å². The average Bonchev–Trinajstić information content (AvgIpc) is 2.45. The molecule has 0 bridgehead atoms. The Kier molecular flexibility index (Phi) is 8.96. The van der Waals surface area contributed by atoms with E-state index in [4.69, 9.17) is 9.47 Å². The standard InChI is InChI=1S/C18H31O2P/c1-14(16(3)21)10-11-15(2)20-17(4)19-13-12-18-8-6-5-7-9-18/h10-11,16-18H,1-2,5-9,12-13,21H2,3-4H3/b11-10-. The number of hydrogen-bond acceptors (Lipinski definition) is 2. The molecule has 0 radical (unpaired) electrons. The van der Waals surface area contributed by atoms with Gasteiger partial charge in [0, 0.05) is 0 Å². The molecule has 2 nitrogen and oxygen atoms in total. The lowest BCUT2D eigenvalue weighted by Gasteiger charge is -2.22. The number of allylic oxidation sites excluding steroid dienone is 3. The minimum Gasteiger partial charge on any atom is -0.466 e. The van der Waals surface area contributed by atoms with Crippen LogP contribution >= 0.6 is 9.24 Å². The third-order valence-electron chi connectivity index (χ3n) is 3.99. The molecule has 1 rings (SSSR count). The maximum Gasteiger partial charge on any atom is 0.196 e. The van der Waals surface area contributed by atoms with E-state index in [-0.39, 0.29) is 6.29 Å². The van der Waals surface area contributed by atoms with Gasteiger partial charge in [-0.3, -0.25) is 0 Å². The van der Waals surface area contributed by atoms with Crippen LogP contribution in [0, 0.1) is 5.92 Å². The minimum atomic E-state index is -0.243. The van der Waals surface area contributed by atoms with Crippen molar-refractivity contribution in [3.05, 3.63) is 36.6 Å². The van der Waals surface area contributed by atoms with Crippen LogP contribution < -0.4 is 0 Å². The molecule has 0 spiro atoms. The molecule has 0 aromatic rings. The van der Waals surface area contributed by atoms with Gasteiger partial charge in [-0.25, -0.2) is 0 Å². The molecule has 3 atom stereocenters. The quantitative estimate of drug-likeness (QED) is 0.251. The Balaban J connectivity index is 2.15. The lowest BCUT2D eigenvalue weighted by atomic mass is 9.87. The van der Waals surface area contributed by atoms with Crippen LogP contribution in [-0.4, -0.2) is 18.6 Å². The van der Waals surface area contributed by atoms with Gasteiger partial charge in [-0.2, -0.15) is 0 Å². The second-order valence-electron chi connectivity index (χ2n) is 6.01. The summed E-state index contributed by atoms with van der Waals surface area (Å²) in [5.41, 5.74) is 1.40. The molecule has 1 fully saturated rings. The Bertz CT molecular complexity index is 354. The van der Waals surface area contributed by atoms with Gasteiger partial charge in [-0.05, 0) is 36.6 Å². The van der Waals surface area contributed by atoms with Crippen LogP contribution in [0.15, 0.2) is 36.6 Å². The maximum absolute atomic E-state index is 5.73. The molecule has 0 aromatic heterocycles. The van der Waals surface area contributed by atoms with Gasteiger partial charge in [0.25, 0.3) is 0 Å². The predicted molar refractivity (Wildman–Crippen MR) is 94.3 cm³/mol. The van der Waals surface area contributed by atoms with Crippen LogP contribution in [0.5, 0.6) is 0 Å². The van der Waals surface area contributed by atoms with E-state index in [0.717, 1.165) is 24.5 Å². The van der Waals surface area contributed by atoms with E-state index in [2.05, 4.69) is 29.3 Å². The monoisotopic (exact) mass is 310 g/mol. The van der Waals surface area contributed by atoms with Crippen LogP contribution in [0.3, 0.4) is 0 Å². The molecular weight excluding hydrogens is 279 g/mol. The number of ether oxygens (including phenoxy) is 2. The first kappa shape index (κ1) is 18.5. The maximum atomic E-state index is 5.73. The summed E-state index contributed by atoms with van der Waals surface area (Å²) in [5.74, 6) is 1.47. The van der Waals surface area contributed by atoms with Crippen molar-refractivity contribution >= 4 is 9.24 Å². The number of rotatable bonds is 9. The highest BCUT2D eigenvalue weighted by atomic mass is 31.0. The van der Waals surface area contributed by atoms with E-state index in [1.807, 2.05) is 19.1 Å². The minimum absolute atomic E-state index is 0.243. The molecule has 0 N–H and O–H groups in total. The molecule has 1 saturated carbocycles. The topological polar surface area (TPSA) is 18.5 Å². The molecule has 21 heavy (non-hydrogen) atoms. The van der Waals surface area contributed by atoms with Gasteiger partial charge >= 0.3 is 0 Å². The fraction of sp³-hybridized carbons (Fsp3) is 0.667. The summed E-state index contributed by atoms with van der Waals surface area (Å²) in [5, 5.41) is 0. The summed E-state index contributed by atoms with van der Waals surface area (Å²) >= 11 is 0. The van der Waals surface area contributed by atoms with E-state index in [0.29, 0.717) is 11.4 Å². The SMILES string of the molecule is C=C(/C=C\C(=C)C(C)P)OC(C)OCCC1CCCCC1. The summed E-state index contributed by atoms with van der Waals surface area (Å²) in [7, 11) is 2.72. The normalized spacial score (nSPS) is 19.4. The van der Waals surface area contributed by atoms with E-state index in [9.17, 15) is 0 Å². The smallest absolute Gasteiger partial charge is 0.196 e. The Labute approximate surface area is 132 Å². The third kappa shape index (κ3) is 8.44. The van der Waals surface area contributed by atoms with Crippen molar-refractivity contribution in [2.24, 2.45) is 5.92 Å². The molecule has 0 heterocycles. The van der Waals surface area contributed by atoms with Crippen molar-refractivity contribution in [3.63, 3.8) is 0 Å². The Morgan fingerprint density at radius 2 is 1.86 bits per heavy atom. The van der Waals surface area contributed by atoms with E-state index in [1.165, 1.54) is 32.1 Å². The van der Waals surface area contributed by atoms with Crippen molar-refractivity contribution in [1.29, 1.82) is 0 Å². The predicted octanol–water partition coefficient (Wildman–Crippen LogP) is 5.23. The Hall–Kier alpha value is -0.590. The molecule has 0 amide bonds. The summed E-state index contributed by atoms with van der Waals surface area (Å²) < 4.78 is 11.3. The van der Waals surface area contributed by atoms with Crippen molar-refractivity contribution in [1.82, 2.24) is 0 Å². The Morgan fingerprint density at radius 3 is 2.48 bits per heavy atom. The summed E-state index contributed by atoms with van der Waals surface area (Å²) in [6.45, 7) is 12.6. The Morgan fingerprint density at radius 1 is 1.19 bits per heavy atom. The fourth-order valence-electron chi connectivity index (χ4n) is 2.51. The summed E-state index contributed by atoms with van der Waals surface area (Å²) in [6, 6.07) is 0. The largest absolute Gasteiger partial charge is 0.466 e. The molecule has 0 saturated heterocycles. The van der Waals surface area contributed by atoms with Gasteiger partial charge < -0.3 is 9.47 Å². The van der Waals surface area contributed by atoms with Gasteiger partial charge in [-0.15, -0.1) is 9.24 Å². The molecule has 3 heteroatoms. The van der Waals surface area contributed by atoms with Gasteiger partial charge in [0.05, 0.1) is 6.61 Å². The van der Waals surface area contributed by atoms with Crippen molar-refractivity contribution in [3.8, 4) is 0 Å². The van der Waals surface area contributed by atoms with Crippen LogP contribution in [0.2, 0.25) is 0 Å². The molecule has 120 valence electrons. The third-order valence-corrected chi connectivity index (χ3v) is 4.42. The van der Waals surface area contributed by atoms with Gasteiger partial charge in [0.15, 0.2) is 6.29 Å². The molecule has 1 aliphatic carbocycles. The zero-order valence-electron chi connectivity index (χ0n) is 13.6.